The van der Waals surface area contributed by atoms with Crippen molar-refractivity contribution in [2.45, 2.75) is 6.92 Å². The highest BCUT2D eigenvalue weighted by atomic mass is 35.5. The monoisotopic (exact) mass is 446 g/mol. The maximum Gasteiger partial charge on any atom is 0.339 e. The largest absolute Gasteiger partial charge is 0.492 e. The number of rotatable bonds is 7. The van der Waals surface area contributed by atoms with Gasteiger partial charge in [0.2, 0.25) is 5.91 Å². The number of carbonyl (C=O) groups excluding carboxylic acids is 4. The molecule has 3 rings (SSSR count). The molecule has 0 saturated carbocycles. The number of urea groups is 1. The maximum absolute atomic E-state index is 12.7. The van der Waals surface area contributed by atoms with E-state index in [9.17, 15) is 29.3 Å². The zero-order chi connectivity index (χ0) is 22.7. The normalized spacial score (nSPS) is 13.5. The zero-order valence-corrected chi connectivity index (χ0v) is 16.8. The molecule has 1 N–H and O–H groups in total. The molecule has 0 spiro atoms. The Kier molecular flexibility index (Phi) is 6.16. The SMILES string of the molecule is CCOc1ccccc1N1C(=O)C(=O)N(CC(=O)Nc2ccc([N+](=O)[O-])cc2Cl)C1=O. The Balaban J connectivity index is 1.78. The Hall–Kier alpha value is -3.99. The lowest BCUT2D eigenvalue weighted by Crippen LogP contribution is -2.39. The van der Waals surface area contributed by atoms with Crippen LogP contribution in [0, 0.1) is 10.1 Å². The number of anilines is 2. The van der Waals surface area contributed by atoms with Crippen LogP contribution in [-0.4, -0.2) is 46.7 Å². The first kappa shape index (κ1) is 21.7. The quantitative estimate of drug-likeness (QED) is 0.298. The van der Waals surface area contributed by atoms with Gasteiger partial charge >= 0.3 is 17.8 Å². The number of para-hydroxylation sites is 2. The van der Waals surface area contributed by atoms with Crippen LogP contribution in [0.3, 0.4) is 0 Å². The molecule has 1 aliphatic rings. The summed E-state index contributed by atoms with van der Waals surface area (Å²) in [5.74, 6) is -2.91. The number of nitrogens with one attached hydrogen (secondary N) is 1. The van der Waals surface area contributed by atoms with Crippen molar-refractivity contribution in [1.82, 2.24) is 4.90 Å². The van der Waals surface area contributed by atoms with Gasteiger partial charge in [-0.15, -0.1) is 0 Å². The topological polar surface area (TPSA) is 139 Å². The summed E-state index contributed by atoms with van der Waals surface area (Å²) < 4.78 is 5.40. The van der Waals surface area contributed by atoms with E-state index in [0.29, 0.717) is 9.80 Å². The molecular formula is C19H15ClN4O7. The van der Waals surface area contributed by atoms with Crippen LogP contribution in [0.15, 0.2) is 42.5 Å². The van der Waals surface area contributed by atoms with Crippen molar-refractivity contribution in [1.29, 1.82) is 0 Å². The molecule has 0 aliphatic carbocycles. The van der Waals surface area contributed by atoms with Gasteiger partial charge < -0.3 is 10.1 Å². The predicted molar refractivity (Wildman–Crippen MR) is 109 cm³/mol. The molecule has 1 aliphatic heterocycles. The average Bonchev–Trinajstić information content (AvgIpc) is 2.93. The third kappa shape index (κ3) is 4.31. The van der Waals surface area contributed by atoms with Crippen LogP contribution in [0.25, 0.3) is 0 Å². The number of imide groups is 2. The number of ether oxygens (including phenoxy) is 1. The van der Waals surface area contributed by atoms with Gasteiger partial charge in [-0.1, -0.05) is 23.7 Å². The second kappa shape index (κ2) is 8.79. The van der Waals surface area contributed by atoms with Crippen molar-refractivity contribution in [2.24, 2.45) is 0 Å². The van der Waals surface area contributed by atoms with E-state index in [2.05, 4.69) is 5.32 Å². The summed E-state index contributed by atoms with van der Waals surface area (Å²) in [6.45, 7) is 1.23. The second-order valence-corrected chi connectivity index (χ2v) is 6.59. The van der Waals surface area contributed by atoms with E-state index in [1.165, 1.54) is 18.2 Å². The highest BCUT2D eigenvalue weighted by Gasteiger charge is 2.47. The van der Waals surface area contributed by atoms with Crippen LogP contribution in [0.4, 0.5) is 21.9 Å². The van der Waals surface area contributed by atoms with Gasteiger partial charge in [-0.2, -0.15) is 0 Å². The van der Waals surface area contributed by atoms with Gasteiger partial charge in [-0.25, -0.2) is 14.6 Å². The van der Waals surface area contributed by atoms with E-state index in [1.807, 2.05) is 0 Å². The minimum absolute atomic E-state index is 0.0428. The first-order valence-corrected chi connectivity index (χ1v) is 9.28. The van der Waals surface area contributed by atoms with Gasteiger partial charge in [0.15, 0.2) is 0 Å². The van der Waals surface area contributed by atoms with Gasteiger partial charge in [-0.05, 0) is 25.1 Å². The first-order valence-electron chi connectivity index (χ1n) is 8.90. The van der Waals surface area contributed by atoms with Crippen LogP contribution >= 0.6 is 11.6 Å². The number of non-ortho nitro benzene ring substituents is 1. The van der Waals surface area contributed by atoms with Crippen molar-refractivity contribution < 1.29 is 28.8 Å². The van der Waals surface area contributed by atoms with Crippen molar-refractivity contribution in [3.8, 4) is 5.75 Å². The average molecular weight is 447 g/mol. The van der Waals surface area contributed by atoms with Gasteiger partial charge in [0.1, 0.15) is 12.3 Å². The van der Waals surface area contributed by atoms with Gasteiger partial charge in [0.25, 0.3) is 5.69 Å². The second-order valence-electron chi connectivity index (χ2n) is 6.18. The molecule has 160 valence electrons. The molecule has 31 heavy (non-hydrogen) atoms. The van der Waals surface area contributed by atoms with E-state index in [-0.39, 0.29) is 34.4 Å². The number of nitro benzene ring substituents is 1. The minimum atomic E-state index is -1.18. The summed E-state index contributed by atoms with van der Waals surface area (Å²) in [5, 5.41) is 13.0. The molecule has 11 nitrogen and oxygen atoms in total. The Bertz CT molecular complexity index is 1100. The smallest absolute Gasteiger partial charge is 0.339 e. The number of hydrogen-bond acceptors (Lipinski definition) is 7. The molecule has 0 aromatic heterocycles. The Morgan fingerprint density at radius 1 is 1.16 bits per heavy atom. The molecule has 0 radical (unpaired) electrons. The van der Waals surface area contributed by atoms with Crippen LogP contribution < -0.4 is 15.0 Å². The molecule has 1 fully saturated rings. The predicted octanol–water partition coefficient (Wildman–Crippen LogP) is 2.58. The molecule has 12 heteroatoms. The van der Waals surface area contributed by atoms with E-state index >= 15 is 0 Å². The van der Waals surface area contributed by atoms with Crippen LogP contribution in [-0.2, 0) is 14.4 Å². The van der Waals surface area contributed by atoms with Gasteiger partial charge in [0, 0.05) is 12.1 Å². The zero-order valence-electron chi connectivity index (χ0n) is 16.0. The molecule has 2 aromatic carbocycles. The Morgan fingerprint density at radius 3 is 2.52 bits per heavy atom. The standard InChI is InChI=1S/C19H15ClN4O7/c1-2-31-15-6-4-3-5-14(15)23-18(27)17(26)22(19(23)28)10-16(25)21-13-8-7-11(24(29)30)9-12(13)20/h3-9H,2,10H2,1H3,(H,21,25). The summed E-state index contributed by atoms with van der Waals surface area (Å²) in [7, 11) is 0. The lowest BCUT2D eigenvalue weighted by molar-refractivity contribution is -0.384. The fourth-order valence-electron chi connectivity index (χ4n) is 2.83. The van der Waals surface area contributed by atoms with Crippen molar-refractivity contribution in [2.75, 3.05) is 23.4 Å². The molecule has 1 saturated heterocycles. The lowest BCUT2D eigenvalue weighted by Gasteiger charge is -2.18. The molecule has 0 bridgehead atoms. The summed E-state index contributed by atoms with van der Waals surface area (Å²) in [5.41, 5.74) is -0.155. The molecule has 0 atom stereocenters. The number of benzene rings is 2. The Morgan fingerprint density at radius 2 is 1.87 bits per heavy atom. The van der Waals surface area contributed by atoms with E-state index in [4.69, 9.17) is 16.3 Å². The van der Waals surface area contributed by atoms with Crippen molar-refractivity contribution >= 4 is 52.4 Å². The van der Waals surface area contributed by atoms with E-state index < -0.39 is 35.2 Å². The number of carbonyl (C=O) groups is 4. The van der Waals surface area contributed by atoms with Crippen LogP contribution in [0.5, 0.6) is 5.75 Å². The third-order valence-electron chi connectivity index (χ3n) is 4.20. The fourth-order valence-corrected chi connectivity index (χ4v) is 3.05. The highest BCUT2D eigenvalue weighted by molar-refractivity contribution is 6.53. The molecule has 2 aromatic rings. The highest BCUT2D eigenvalue weighted by Crippen LogP contribution is 2.32. The van der Waals surface area contributed by atoms with Gasteiger partial charge in [0.05, 0.1) is 27.9 Å². The van der Waals surface area contributed by atoms with Gasteiger partial charge in [-0.3, -0.25) is 24.5 Å². The number of halogens is 1. The molecular weight excluding hydrogens is 432 g/mol. The summed E-state index contributed by atoms with van der Waals surface area (Å²) >= 11 is 5.92. The fraction of sp³-hybridized carbons (Fsp3) is 0.158. The van der Waals surface area contributed by atoms with Crippen molar-refractivity contribution in [3.63, 3.8) is 0 Å². The third-order valence-corrected chi connectivity index (χ3v) is 4.51. The number of nitrogens with zero attached hydrogens (tertiary/aromatic N) is 3. The lowest BCUT2D eigenvalue weighted by atomic mass is 10.2. The van der Waals surface area contributed by atoms with Crippen LogP contribution in [0.2, 0.25) is 5.02 Å². The summed E-state index contributed by atoms with van der Waals surface area (Å²) in [6.07, 6.45) is 0. The summed E-state index contributed by atoms with van der Waals surface area (Å²) in [4.78, 5) is 61.1. The summed E-state index contributed by atoms with van der Waals surface area (Å²) in [6, 6.07) is 8.55. The van der Waals surface area contributed by atoms with E-state index in [1.54, 1.807) is 19.1 Å². The molecule has 0 unspecified atom stereocenters. The number of nitro groups is 1. The Labute approximate surface area is 180 Å². The number of hydrogen-bond donors (Lipinski definition) is 1. The first-order chi connectivity index (χ1) is 14.7. The van der Waals surface area contributed by atoms with Crippen LogP contribution in [0.1, 0.15) is 6.92 Å². The number of amides is 5. The molecule has 1 heterocycles. The van der Waals surface area contributed by atoms with Crippen molar-refractivity contribution in [3.05, 3.63) is 57.6 Å². The molecule has 5 amide bonds. The van der Waals surface area contributed by atoms with E-state index in [0.717, 1.165) is 12.1 Å². The maximum atomic E-state index is 12.7. The minimum Gasteiger partial charge on any atom is -0.492 e.